The van der Waals surface area contributed by atoms with Crippen LogP contribution in [0.2, 0.25) is 0 Å². The van der Waals surface area contributed by atoms with Crippen molar-refractivity contribution in [3.63, 3.8) is 0 Å². The fourth-order valence-corrected chi connectivity index (χ4v) is 3.36. The number of rotatable bonds is 3. The molecule has 0 fully saturated rings. The lowest BCUT2D eigenvalue weighted by Crippen LogP contribution is -2.42. The Balaban J connectivity index is 2.45. The van der Waals surface area contributed by atoms with E-state index in [2.05, 4.69) is 0 Å². The molecule has 8 nitrogen and oxygen atoms in total. The molecule has 0 spiro atoms. The Labute approximate surface area is 130 Å². The normalized spacial score (nSPS) is 14.6. The molecule has 1 aliphatic heterocycles. The van der Waals surface area contributed by atoms with Crippen molar-refractivity contribution in [2.45, 2.75) is 4.90 Å². The van der Waals surface area contributed by atoms with Gasteiger partial charge in [0.05, 0.1) is 29.3 Å². The van der Waals surface area contributed by atoms with Gasteiger partial charge in [-0.1, -0.05) is 12.1 Å². The van der Waals surface area contributed by atoms with Gasteiger partial charge in [0.2, 0.25) is 0 Å². The minimum Gasteiger partial charge on any atom is -0.744 e. The SMILES string of the molecule is Nc1c(S(=O)(=O)[O-])cc2c3c(cccc13)C(=O)N(CCO)C2=O. The first-order valence-electron chi connectivity index (χ1n) is 6.55. The smallest absolute Gasteiger partial charge is 0.261 e. The molecule has 0 radical (unpaired) electrons. The number of carbonyl (C=O) groups excluding carboxylic acids is 2. The molecule has 0 aliphatic carbocycles. The Hall–Kier alpha value is -2.49. The van der Waals surface area contributed by atoms with E-state index in [1.54, 1.807) is 0 Å². The van der Waals surface area contributed by atoms with Gasteiger partial charge in [0.15, 0.2) is 0 Å². The predicted octanol–water partition coefficient (Wildman–Crippen LogP) is -0.0856. The zero-order valence-corrected chi connectivity index (χ0v) is 12.5. The van der Waals surface area contributed by atoms with Gasteiger partial charge in [-0.2, -0.15) is 0 Å². The molecule has 2 aromatic rings. The number of aliphatic hydroxyl groups is 1. The molecule has 1 heterocycles. The van der Waals surface area contributed by atoms with E-state index in [0.717, 1.165) is 11.0 Å². The van der Waals surface area contributed by atoms with Crippen LogP contribution in [0.5, 0.6) is 0 Å². The van der Waals surface area contributed by atoms with E-state index in [4.69, 9.17) is 10.8 Å². The third kappa shape index (κ3) is 2.17. The van der Waals surface area contributed by atoms with Gasteiger partial charge in [0, 0.05) is 16.3 Å². The summed E-state index contributed by atoms with van der Waals surface area (Å²) >= 11 is 0. The zero-order chi connectivity index (χ0) is 16.9. The van der Waals surface area contributed by atoms with Crippen LogP contribution in [-0.4, -0.2) is 47.9 Å². The second-order valence-corrected chi connectivity index (χ2v) is 6.35. The highest BCUT2D eigenvalue weighted by molar-refractivity contribution is 7.86. The highest BCUT2D eigenvalue weighted by Gasteiger charge is 2.34. The Morgan fingerprint density at radius 2 is 1.83 bits per heavy atom. The molecule has 3 N–H and O–H groups in total. The largest absolute Gasteiger partial charge is 0.744 e. The van der Waals surface area contributed by atoms with Crippen molar-refractivity contribution >= 4 is 38.4 Å². The molecular weight excluding hydrogens is 324 g/mol. The minimum absolute atomic E-state index is 0.104. The number of benzene rings is 2. The molecular formula is C14H11N2O6S-. The molecule has 2 amide bonds. The number of imide groups is 1. The van der Waals surface area contributed by atoms with Crippen LogP contribution < -0.4 is 5.73 Å². The molecule has 2 aromatic carbocycles. The number of β-amino-alcohol motifs (C(OH)–C–C–N with tert-alkyl or cyclic N) is 1. The van der Waals surface area contributed by atoms with E-state index in [9.17, 15) is 22.6 Å². The summed E-state index contributed by atoms with van der Waals surface area (Å²) in [7, 11) is -4.89. The van der Waals surface area contributed by atoms with E-state index >= 15 is 0 Å². The third-order valence-corrected chi connectivity index (χ3v) is 4.59. The van der Waals surface area contributed by atoms with Crippen LogP contribution in [0, 0.1) is 0 Å². The van der Waals surface area contributed by atoms with Crippen molar-refractivity contribution < 1.29 is 27.7 Å². The minimum atomic E-state index is -4.89. The number of hydrogen-bond donors (Lipinski definition) is 2. The maximum Gasteiger partial charge on any atom is 0.261 e. The number of anilines is 1. The van der Waals surface area contributed by atoms with Crippen LogP contribution in [0.1, 0.15) is 20.7 Å². The van der Waals surface area contributed by atoms with Gasteiger partial charge in [-0.25, -0.2) is 8.42 Å². The number of hydrogen-bond acceptors (Lipinski definition) is 7. The fraction of sp³-hybridized carbons (Fsp3) is 0.143. The monoisotopic (exact) mass is 335 g/mol. The molecule has 0 atom stereocenters. The number of nitrogens with two attached hydrogens (primary N) is 1. The molecule has 0 bridgehead atoms. The van der Waals surface area contributed by atoms with E-state index in [1.165, 1.54) is 18.2 Å². The van der Waals surface area contributed by atoms with Crippen LogP contribution >= 0.6 is 0 Å². The Morgan fingerprint density at radius 3 is 2.43 bits per heavy atom. The standard InChI is InChI=1S/C14H12N2O6S/c15-12-7-2-1-3-8-11(7)9(6-10(12)23(20,21)22)14(19)16(4-5-17)13(8)18/h1-3,6,17H,4-5,15H2,(H,20,21,22)/p-1. The van der Waals surface area contributed by atoms with Gasteiger partial charge >= 0.3 is 0 Å². The summed E-state index contributed by atoms with van der Waals surface area (Å²) in [6.45, 7) is -0.679. The quantitative estimate of drug-likeness (QED) is 0.454. The topological polar surface area (TPSA) is 141 Å². The first-order chi connectivity index (χ1) is 10.8. The second-order valence-electron chi connectivity index (χ2n) is 5.00. The number of carbonyl (C=O) groups is 2. The van der Waals surface area contributed by atoms with Crippen molar-refractivity contribution in [3.8, 4) is 0 Å². The van der Waals surface area contributed by atoms with Gasteiger partial charge in [-0.3, -0.25) is 14.5 Å². The van der Waals surface area contributed by atoms with E-state index < -0.39 is 33.4 Å². The van der Waals surface area contributed by atoms with Crippen molar-refractivity contribution in [1.82, 2.24) is 4.90 Å². The molecule has 0 saturated heterocycles. The van der Waals surface area contributed by atoms with Crippen LogP contribution in [-0.2, 0) is 10.1 Å². The van der Waals surface area contributed by atoms with Gasteiger partial charge < -0.3 is 15.4 Å². The number of aliphatic hydroxyl groups excluding tert-OH is 1. The molecule has 1 aliphatic rings. The lowest BCUT2D eigenvalue weighted by Gasteiger charge is -2.28. The first kappa shape index (κ1) is 15.4. The lowest BCUT2D eigenvalue weighted by molar-refractivity contribution is 0.0580. The fourth-order valence-electron chi connectivity index (χ4n) is 2.72. The Morgan fingerprint density at radius 1 is 1.17 bits per heavy atom. The molecule has 0 unspecified atom stereocenters. The van der Waals surface area contributed by atoms with Gasteiger partial charge in [0.1, 0.15) is 10.1 Å². The van der Waals surface area contributed by atoms with Crippen LogP contribution in [0.15, 0.2) is 29.2 Å². The average molecular weight is 335 g/mol. The average Bonchev–Trinajstić information content (AvgIpc) is 2.49. The van der Waals surface area contributed by atoms with Gasteiger partial charge in [0.25, 0.3) is 11.8 Å². The van der Waals surface area contributed by atoms with Crippen molar-refractivity contribution in [1.29, 1.82) is 0 Å². The maximum absolute atomic E-state index is 12.5. The number of nitrogens with zero attached hydrogens (tertiary/aromatic N) is 1. The highest BCUT2D eigenvalue weighted by atomic mass is 32.2. The number of nitrogen functional groups attached to an aromatic ring is 1. The van der Waals surface area contributed by atoms with Gasteiger partial charge in [-0.15, -0.1) is 0 Å². The van der Waals surface area contributed by atoms with E-state index in [0.29, 0.717) is 0 Å². The summed E-state index contributed by atoms with van der Waals surface area (Å²) in [4.78, 5) is 24.9. The van der Waals surface area contributed by atoms with Crippen LogP contribution in [0.4, 0.5) is 5.69 Å². The van der Waals surface area contributed by atoms with E-state index in [1.807, 2.05) is 0 Å². The molecule has 23 heavy (non-hydrogen) atoms. The van der Waals surface area contributed by atoms with Crippen LogP contribution in [0.25, 0.3) is 10.8 Å². The lowest BCUT2D eigenvalue weighted by atomic mass is 9.93. The summed E-state index contributed by atoms with van der Waals surface area (Å²) in [5, 5.41) is 9.37. The summed E-state index contributed by atoms with van der Waals surface area (Å²) < 4.78 is 34.1. The third-order valence-electron chi connectivity index (χ3n) is 3.71. The Bertz CT molecular complexity index is 967. The van der Waals surface area contributed by atoms with Crippen LogP contribution in [0.3, 0.4) is 0 Å². The molecule has 0 saturated carbocycles. The summed E-state index contributed by atoms with van der Waals surface area (Å²) in [5.41, 5.74) is 5.51. The maximum atomic E-state index is 12.5. The van der Waals surface area contributed by atoms with Crippen molar-refractivity contribution in [3.05, 3.63) is 35.4 Å². The first-order valence-corrected chi connectivity index (χ1v) is 7.96. The van der Waals surface area contributed by atoms with Crippen molar-refractivity contribution in [2.75, 3.05) is 18.9 Å². The molecule has 9 heteroatoms. The van der Waals surface area contributed by atoms with E-state index in [-0.39, 0.29) is 34.1 Å². The zero-order valence-electron chi connectivity index (χ0n) is 11.6. The predicted molar refractivity (Wildman–Crippen MR) is 78.8 cm³/mol. The summed E-state index contributed by atoms with van der Waals surface area (Å²) in [6, 6.07) is 5.27. The highest BCUT2D eigenvalue weighted by Crippen LogP contribution is 2.36. The second kappa shape index (κ2) is 5.01. The molecule has 3 rings (SSSR count). The number of amides is 2. The molecule has 120 valence electrons. The molecule has 0 aromatic heterocycles. The summed E-state index contributed by atoms with van der Waals surface area (Å²) in [5.74, 6) is -1.39. The van der Waals surface area contributed by atoms with Crippen molar-refractivity contribution in [2.24, 2.45) is 0 Å². The van der Waals surface area contributed by atoms with Gasteiger partial charge in [-0.05, 0) is 12.1 Å². The summed E-state index contributed by atoms with van der Waals surface area (Å²) in [6.07, 6.45) is 0. The Kier molecular flexibility index (Phi) is 3.36.